The Morgan fingerprint density at radius 1 is 1.37 bits per heavy atom. The summed E-state index contributed by atoms with van der Waals surface area (Å²) in [5, 5.41) is 0. The third-order valence-corrected chi connectivity index (χ3v) is 3.92. The molecule has 0 fully saturated rings. The number of aromatic amines is 1. The van der Waals surface area contributed by atoms with Crippen LogP contribution in [0.2, 0.25) is 0 Å². The molecule has 0 aliphatic heterocycles. The highest BCUT2D eigenvalue weighted by Gasteiger charge is 2.27. The fraction of sp³-hybridized carbons (Fsp3) is 0.222. The number of rotatable bonds is 7. The number of ether oxygens (including phenoxy) is 1. The number of H-pyrrole nitrogens is 1. The number of hydrogen-bond acceptors (Lipinski definition) is 5. The highest BCUT2D eigenvalue weighted by molar-refractivity contribution is 5.93. The second kappa shape index (κ2) is 8.45. The van der Waals surface area contributed by atoms with Crippen LogP contribution in [0.1, 0.15) is 5.56 Å². The fourth-order valence-electron chi connectivity index (χ4n) is 2.60. The predicted octanol–water partition coefficient (Wildman–Crippen LogP) is 2.00. The Labute approximate surface area is 166 Å². The number of alkyl halides is 3. The van der Waals surface area contributed by atoms with Gasteiger partial charge in [-0.05, 0) is 12.1 Å². The van der Waals surface area contributed by atoms with Gasteiger partial charge in [-0.1, -0.05) is 0 Å². The number of fused-ring (bicyclic) bond motifs is 1. The Morgan fingerprint density at radius 2 is 2.13 bits per heavy atom. The molecule has 12 heteroatoms. The van der Waals surface area contributed by atoms with Gasteiger partial charge in [0.15, 0.2) is 11.5 Å². The first-order chi connectivity index (χ1) is 14.1. The van der Waals surface area contributed by atoms with Gasteiger partial charge in [-0.3, -0.25) is 9.59 Å². The first-order valence-electron chi connectivity index (χ1n) is 8.50. The molecular formula is C18H15F4N5O3. The average molecular weight is 425 g/mol. The van der Waals surface area contributed by atoms with E-state index in [9.17, 15) is 27.2 Å². The van der Waals surface area contributed by atoms with Crippen molar-refractivity contribution in [2.75, 3.05) is 13.2 Å². The minimum Gasteiger partial charge on any atom is -0.370 e. The molecule has 0 atom stereocenters. The summed E-state index contributed by atoms with van der Waals surface area (Å²) >= 11 is 0. The lowest BCUT2D eigenvalue weighted by Crippen LogP contribution is -2.26. The molecule has 0 aromatic carbocycles. The van der Waals surface area contributed by atoms with Gasteiger partial charge in [0.25, 0.3) is 5.56 Å². The van der Waals surface area contributed by atoms with Crippen LogP contribution in [-0.2, 0) is 16.1 Å². The number of primary amides is 1. The summed E-state index contributed by atoms with van der Waals surface area (Å²) in [4.78, 5) is 34.2. The number of nitrogens with zero attached hydrogens (tertiary/aromatic N) is 3. The van der Waals surface area contributed by atoms with Crippen LogP contribution in [0.5, 0.6) is 0 Å². The third kappa shape index (κ3) is 5.08. The first-order valence-corrected chi connectivity index (χ1v) is 8.50. The van der Waals surface area contributed by atoms with Crippen LogP contribution in [0.25, 0.3) is 28.5 Å². The monoisotopic (exact) mass is 425 g/mol. The maximum atomic E-state index is 14.1. The summed E-state index contributed by atoms with van der Waals surface area (Å²) in [5.41, 5.74) is 5.74. The van der Waals surface area contributed by atoms with Gasteiger partial charge in [-0.15, -0.1) is 0 Å². The summed E-state index contributed by atoms with van der Waals surface area (Å²) in [6.07, 6.45) is 2.21. The SMILES string of the molecule is NC(=O)C=Cc1c[nH]c2ncc(-c3cc(F)c(=O)n(CCOCC(F)(F)F)c3)nc12. The van der Waals surface area contributed by atoms with Gasteiger partial charge in [0.2, 0.25) is 5.91 Å². The number of pyridine rings is 1. The Kier molecular flexibility index (Phi) is 5.96. The molecule has 0 unspecified atom stereocenters. The molecule has 3 rings (SSSR count). The van der Waals surface area contributed by atoms with Crippen LogP contribution in [0, 0.1) is 5.82 Å². The fourth-order valence-corrected chi connectivity index (χ4v) is 2.60. The molecule has 1 amide bonds. The van der Waals surface area contributed by atoms with Gasteiger partial charge in [-0.25, -0.2) is 14.4 Å². The third-order valence-electron chi connectivity index (χ3n) is 3.92. The quantitative estimate of drug-likeness (QED) is 0.341. The molecule has 0 aliphatic rings. The van der Waals surface area contributed by atoms with Crippen molar-refractivity contribution in [3.8, 4) is 11.3 Å². The Balaban J connectivity index is 1.90. The summed E-state index contributed by atoms with van der Waals surface area (Å²) in [5.74, 6) is -1.76. The number of aromatic nitrogens is 4. The van der Waals surface area contributed by atoms with Crippen LogP contribution in [-0.4, -0.2) is 44.8 Å². The molecule has 0 radical (unpaired) electrons. The molecule has 3 N–H and O–H groups in total. The number of halogens is 4. The van der Waals surface area contributed by atoms with Crippen molar-refractivity contribution in [3.63, 3.8) is 0 Å². The summed E-state index contributed by atoms with van der Waals surface area (Å²) in [6, 6.07) is 0.955. The topological polar surface area (TPSA) is 116 Å². The maximum absolute atomic E-state index is 14.1. The standard InChI is InChI=1S/C18H15F4N5O3/c19-12-5-11(8-27(17(12)29)3-4-30-9-18(20,21)22)13-7-25-16-15(26-13)10(6-24-16)1-2-14(23)28/h1-2,5-8H,3-4,9H2,(H2,23,28)(H,24,25). The van der Waals surface area contributed by atoms with Crippen molar-refractivity contribution in [2.45, 2.75) is 12.7 Å². The van der Waals surface area contributed by atoms with Gasteiger partial charge in [-0.2, -0.15) is 13.2 Å². The van der Waals surface area contributed by atoms with E-state index < -0.39 is 36.7 Å². The van der Waals surface area contributed by atoms with Crippen molar-refractivity contribution in [1.82, 2.24) is 19.5 Å². The Morgan fingerprint density at radius 3 is 2.83 bits per heavy atom. The second-order valence-corrected chi connectivity index (χ2v) is 6.18. The molecule has 0 aliphatic carbocycles. The molecular weight excluding hydrogens is 410 g/mol. The Hall–Kier alpha value is -3.54. The molecule has 30 heavy (non-hydrogen) atoms. The first kappa shape index (κ1) is 21.2. The zero-order valence-electron chi connectivity index (χ0n) is 15.2. The maximum Gasteiger partial charge on any atom is 0.411 e. The van der Waals surface area contributed by atoms with Crippen LogP contribution in [0.4, 0.5) is 17.6 Å². The normalized spacial score (nSPS) is 12.1. The van der Waals surface area contributed by atoms with E-state index in [-0.39, 0.29) is 17.8 Å². The number of amides is 1. The summed E-state index contributed by atoms with van der Waals surface area (Å²) < 4.78 is 55.9. The van der Waals surface area contributed by atoms with Gasteiger partial charge in [0, 0.05) is 36.1 Å². The number of carbonyl (C=O) groups is 1. The van der Waals surface area contributed by atoms with E-state index in [0.717, 1.165) is 16.7 Å². The van der Waals surface area contributed by atoms with E-state index >= 15 is 0 Å². The van der Waals surface area contributed by atoms with E-state index in [1.165, 1.54) is 18.5 Å². The molecule has 0 saturated heterocycles. The van der Waals surface area contributed by atoms with Gasteiger partial charge >= 0.3 is 6.18 Å². The molecule has 3 heterocycles. The highest BCUT2D eigenvalue weighted by Crippen LogP contribution is 2.22. The minimum atomic E-state index is -4.50. The lowest BCUT2D eigenvalue weighted by atomic mass is 10.2. The lowest BCUT2D eigenvalue weighted by Gasteiger charge is -2.11. The number of nitrogens with two attached hydrogens (primary N) is 1. The number of hydrogen-bond donors (Lipinski definition) is 2. The molecule has 3 aromatic rings. The molecule has 0 bridgehead atoms. The van der Waals surface area contributed by atoms with Gasteiger partial charge in [0.05, 0.1) is 18.5 Å². The van der Waals surface area contributed by atoms with E-state index in [2.05, 4.69) is 19.7 Å². The lowest BCUT2D eigenvalue weighted by molar-refractivity contribution is -0.174. The minimum absolute atomic E-state index is 0.184. The van der Waals surface area contributed by atoms with Gasteiger partial charge in [0.1, 0.15) is 12.1 Å². The van der Waals surface area contributed by atoms with E-state index in [1.807, 2.05) is 0 Å². The van der Waals surface area contributed by atoms with Crippen LogP contribution in [0.15, 0.2) is 35.5 Å². The number of carbonyl (C=O) groups excluding carboxylic acids is 1. The zero-order chi connectivity index (χ0) is 21.9. The molecule has 8 nitrogen and oxygen atoms in total. The largest absolute Gasteiger partial charge is 0.411 e. The highest BCUT2D eigenvalue weighted by atomic mass is 19.4. The zero-order valence-corrected chi connectivity index (χ0v) is 15.2. The smallest absolute Gasteiger partial charge is 0.370 e. The van der Waals surface area contributed by atoms with Crippen molar-refractivity contribution >= 4 is 23.1 Å². The predicted molar refractivity (Wildman–Crippen MR) is 98.6 cm³/mol. The van der Waals surface area contributed by atoms with Crippen LogP contribution >= 0.6 is 0 Å². The summed E-state index contributed by atoms with van der Waals surface area (Å²) in [7, 11) is 0. The number of nitrogens with one attached hydrogen (secondary N) is 1. The average Bonchev–Trinajstić information content (AvgIpc) is 3.08. The molecule has 0 saturated carbocycles. The van der Waals surface area contributed by atoms with Crippen LogP contribution < -0.4 is 11.3 Å². The van der Waals surface area contributed by atoms with Crippen molar-refractivity contribution in [1.29, 1.82) is 0 Å². The Bertz CT molecular complexity index is 1170. The van der Waals surface area contributed by atoms with E-state index in [1.54, 1.807) is 6.20 Å². The van der Waals surface area contributed by atoms with Crippen LogP contribution in [0.3, 0.4) is 0 Å². The van der Waals surface area contributed by atoms with E-state index in [0.29, 0.717) is 16.7 Å². The molecule has 0 spiro atoms. The van der Waals surface area contributed by atoms with E-state index in [4.69, 9.17) is 5.73 Å². The van der Waals surface area contributed by atoms with Crippen molar-refractivity contribution in [2.24, 2.45) is 5.73 Å². The van der Waals surface area contributed by atoms with Crippen molar-refractivity contribution < 1.29 is 27.1 Å². The second-order valence-electron chi connectivity index (χ2n) is 6.18. The van der Waals surface area contributed by atoms with Gasteiger partial charge < -0.3 is 20.0 Å². The summed E-state index contributed by atoms with van der Waals surface area (Å²) in [6.45, 7) is -2.19. The van der Waals surface area contributed by atoms with Crippen molar-refractivity contribution in [3.05, 3.63) is 52.5 Å². The molecule has 3 aromatic heterocycles. The molecule has 158 valence electrons.